The number of hydrogen-bond acceptors (Lipinski definition) is 5. The van der Waals surface area contributed by atoms with E-state index in [2.05, 4.69) is 4.74 Å². The Balaban J connectivity index is 2.95. The van der Waals surface area contributed by atoms with E-state index in [0.717, 1.165) is 5.56 Å². The maximum Gasteiger partial charge on any atom is 0.338 e. The van der Waals surface area contributed by atoms with Crippen molar-refractivity contribution in [2.75, 3.05) is 6.61 Å². The van der Waals surface area contributed by atoms with Gasteiger partial charge in [0.05, 0.1) is 6.61 Å². The first-order valence-corrected chi connectivity index (χ1v) is 5.59. The van der Waals surface area contributed by atoms with Crippen LogP contribution in [-0.4, -0.2) is 35.2 Å². The van der Waals surface area contributed by atoms with Gasteiger partial charge in [0.15, 0.2) is 6.10 Å². The number of carbonyl (C=O) groups excluding carboxylic acids is 2. The van der Waals surface area contributed by atoms with Gasteiger partial charge in [-0.2, -0.15) is 0 Å². The molecule has 98 valence electrons. The second kappa shape index (κ2) is 6.28. The molecule has 1 rings (SSSR count). The number of hydrogen-bond donors (Lipinski definition) is 2. The zero-order valence-corrected chi connectivity index (χ0v) is 10.3. The third-order valence-electron chi connectivity index (χ3n) is 2.43. The van der Waals surface area contributed by atoms with Gasteiger partial charge in [0.2, 0.25) is 0 Å². The number of aliphatic hydroxyl groups is 2. The van der Waals surface area contributed by atoms with Crippen molar-refractivity contribution in [2.24, 2.45) is 0 Å². The zero-order chi connectivity index (χ0) is 13.7. The molecule has 0 aliphatic rings. The Bertz CT molecular complexity index is 441. The Hall–Kier alpha value is -1.72. The lowest BCUT2D eigenvalue weighted by Crippen LogP contribution is -2.30. The first kappa shape index (κ1) is 14.3. The number of aldehydes is 1. The van der Waals surface area contributed by atoms with E-state index in [0.29, 0.717) is 17.4 Å². The van der Waals surface area contributed by atoms with Gasteiger partial charge in [-0.25, -0.2) is 4.79 Å². The van der Waals surface area contributed by atoms with Gasteiger partial charge in [-0.3, -0.25) is 4.79 Å². The molecule has 0 fully saturated rings. The smallest absolute Gasteiger partial charge is 0.338 e. The minimum absolute atomic E-state index is 0.121. The van der Waals surface area contributed by atoms with Crippen molar-refractivity contribution >= 4 is 12.3 Å². The van der Waals surface area contributed by atoms with Crippen LogP contribution in [-0.2, 0) is 9.53 Å². The molecule has 2 atom stereocenters. The summed E-state index contributed by atoms with van der Waals surface area (Å²) < 4.78 is 4.61. The highest BCUT2D eigenvalue weighted by molar-refractivity contribution is 5.77. The average Bonchev–Trinajstić information content (AvgIpc) is 2.36. The number of aliphatic hydroxyl groups excluding tert-OH is 2. The molecule has 0 saturated heterocycles. The first-order valence-electron chi connectivity index (χ1n) is 5.59. The van der Waals surface area contributed by atoms with Crippen LogP contribution in [0.2, 0.25) is 0 Å². The van der Waals surface area contributed by atoms with E-state index in [4.69, 9.17) is 0 Å². The molecule has 0 aromatic heterocycles. The molecule has 0 bridgehead atoms. The number of esters is 1. The Kier molecular flexibility index (Phi) is 5.00. The van der Waals surface area contributed by atoms with Gasteiger partial charge in [0.25, 0.3) is 0 Å². The minimum Gasteiger partial charge on any atom is -0.464 e. The van der Waals surface area contributed by atoms with Crippen LogP contribution in [0.15, 0.2) is 18.2 Å². The van der Waals surface area contributed by atoms with Gasteiger partial charge in [0, 0.05) is 5.56 Å². The summed E-state index contributed by atoms with van der Waals surface area (Å²) in [6, 6.07) is 4.66. The van der Waals surface area contributed by atoms with Crippen molar-refractivity contribution in [3.8, 4) is 0 Å². The fraction of sp³-hybridized carbons (Fsp3) is 0.385. The van der Waals surface area contributed by atoms with Crippen LogP contribution in [0, 0.1) is 6.92 Å². The molecule has 0 spiro atoms. The predicted molar refractivity (Wildman–Crippen MR) is 64.2 cm³/mol. The summed E-state index contributed by atoms with van der Waals surface area (Å²) in [6.45, 7) is 3.48. The van der Waals surface area contributed by atoms with Crippen LogP contribution in [0.1, 0.15) is 34.5 Å². The Labute approximate surface area is 105 Å². The molecule has 0 amide bonds. The third-order valence-corrected chi connectivity index (χ3v) is 2.43. The lowest BCUT2D eigenvalue weighted by atomic mass is 10.00. The number of ether oxygens (including phenoxy) is 1. The normalized spacial score (nSPS) is 13.8. The summed E-state index contributed by atoms with van der Waals surface area (Å²) in [5.41, 5.74) is 1.43. The Morgan fingerprint density at radius 1 is 1.39 bits per heavy atom. The van der Waals surface area contributed by atoms with Crippen molar-refractivity contribution < 1.29 is 24.5 Å². The predicted octanol–water partition coefficient (Wildman–Crippen LogP) is 0.765. The monoisotopic (exact) mass is 252 g/mol. The lowest BCUT2D eigenvalue weighted by Gasteiger charge is -2.17. The molecule has 0 aliphatic carbocycles. The van der Waals surface area contributed by atoms with Gasteiger partial charge in [0.1, 0.15) is 12.4 Å². The molecule has 2 N–H and O–H groups in total. The molecule has 2 unspecified atom stereocenters. The van der Waals surface area contributed by atoms with Crippen molar-refractivity contribution in [1.29, 1.82) is 0 Å². The first-order chi connectivity index (χ1) is 8.49. The zero-order valence-electron chi connectivity index (χ0n) is 10.3. The highest BCUT2D eigenvalue weighted by Gasteiger charge is 2.27. The fourth-order valence-electron chi connectivity index (χ4n) is 1.62. The van der Waals surface area contributed by atoms with E-state index in [-0.39, 0.29) is 6.61 Å². The van der Waals surface area contributed by atoms with Gasteiger partial charge < -0.3 is 14.9 Å². The van der Waals surface area contributed by atoms with Crippen LogP contribution in [0.5, 0.6) is 0 Å². The number of carbonyl (C=O) groups is 2. The number of aryl methyl sites for hydroxylation is 1. The SMILES string of the molecule is CCOC(=O)C(O)C(O)c1cc(C)cc(C=O)c1. The Morgan fingerprint density at radius 2 is 2.06 bits per heavy atom. The average molecular weight is 252 g/mol. The number of benzene rings is 1. The van der Waals surface area contributed by atoms with E-state index in [9.17, 15) is 19.8 Å². The summed E-state index contributed by atoms with van der Waals surface area (Å²) >= 11 is 0. The van der Waals surface area contributed by atoms with Crippen LogP contribution >= 0.6 is 0 Å². The molecule has 0 saturated carbocycles. The largest absolute Gasteiger partial charge is 0.464 e. The van der Waals surface area contributed by atoms with Crippen LogP contribution in [0.4, 0.5) is 0 Å². The molecular weight excluding hydrogens is 236 g/mol. The quantitative estimate of drug-likeness (QED) is 0.597. The third kappa shape index (κ3) is 3.38. The van der Waals surface area contributed by atoms with E-state index < -0.39 is 18.2 Å². The second-order valence-electron chi connectivity index (χ2n) is 3.94. The molecule has 18 heavy (non-hydrogen) atoms. The van der Waals surface area contributed by atoms with Crippen LogP contribution in [0.25, 0.3) is 0 Å². The van der Waals surface area contributed by atoms with Gasteiger partial charge in [-0.1, -0.05) is 11.6 Å². The summed E-state index contributed by atoms with van der Waals surface area (Å²) in [5, 5.41) is 19.5. The van der Waals surface area contributed by atoms with E-state index in [1.54, 1.807) is 26.0 Å². The highest BCUT2D eigenvalue weighted by atomic mass is 16.5. The van der Waals surface area contributed by atoms with Gasteiger partial charge in [-0.15, -0.1) is 0 Å². The van der Waals surface area contributed by atoms with Crippen molar-refractivity contribution in [3.05, 3.63) is 34.9 Å². The summed E-state index contributed by atoms with van der Waals surface area (Å²) in [4.78, 5) is 22.0. The Morgan fingerprint density at radius 3 is 2.61 bits per heavy atom. The summed E-state index contributed by atoms with van der Waals surface area (Å²) in [7, 11) is 0. The van der Waals surface area contributed by atoms with Crippen LogP contribution < -0.4 is 0 Å². The van der Waals surface area contributed by atoms with Gasteiger partial charge >= 0.3 is 5.97 Å². The molecule has 0 heterocycles. The molecular formula is C13H16O5. The topological polar surface area (TPSA) is 83.8 Å². The molecule has 0 radical (unpaired) electrons. The van der Waals surface area contributed by atoms with Crippen molar-refractivity contribution in [1.82, 2.24) is 0 Å². The molecule has 0 aliphatic heterocycles. The molecule has 1 aromatic rings. The van der Waals surface area contributed by atoms with Crippen molar-refractivity contribution in [3.63, 3.8) is 0 Å². The molecule has 5 nitrogen and oxygen atoms in total. The van der Waals surface area contributed by atoms with E-state index in [1.165, 1.54) is 6.07 Å². The highest BCUT2D eigenvalue weighted by Crippen LogP contribution is 2.20. The standard InChI is InChI=1S/C13H16O5/c1-3-18-13(17)12(16)11(15)10-5-8(2)4-9(6-10)7-14/h4-7,11-12,15-16H,3H2,1-2H3. The summed E-state index contributed by atoms with van der Waals surface area (Å²) in [5.74, 6) is -0.890. The van der Waals surface area contributed by atoms with Crippen LogP contribution in [0.3, 0.4) is 0 Å². The lowest BCUT2D eigenvalue weighted by molar-refractivity contribution is -0.159. The molecule has 5 heteroatoms. The second-order valence-corrected chi connectivity index (χ2v) is 3.94. The fourth-order valence-corrected chi connectivity index (χ4v) is 1.62. The van der Waals surface area contributed by atoms with Gasteiger partial charge in [-0.05, 0) is 31.5 Å². The van der Waals surface area contributed by atoms with E-state index >= 15 is 0 Å². The number of rotatable bonds is 5. The van der Waals surface area contributed by atoms with E-state index in [1.807, 2.05) is 0 Å². The minimum atomic E-state index is -1.66. The van der Waals surface area contributed by atoms with Crippen molar-refractivity contribution in [2.45, 2.75) is 26.1 Å². The maximum absolute atomic E-state index is 11.3. The summed E-state index contributed by atoms with van der Waals surface area (Å²) in [6.07, 6.45) is -2.44. The maximum atomic E-state index is 11.3. The molecule has 1 aromatic carbocycles.